The zero-order valence-corrected chi connectivity index (χ0v) is 18.8. The van der Waals surface area contributed by atoms with E-state index >= 15 is 0 Å². The Balaban J connectivity index is 1.52. The van der Waals surface area contributed by atoms with Crippen LogP contribution in [0.25, 0.3) is 0 Å². The Labute approximate surface area is 198 Å². The van der Waals surface area contributed by atoms with E-state index in [2.05, 4.69) is 5.32 Å². The fourth-order valence-electron chi connectivity index (χ4n) is 4.24. The standard InChI is InChI=1S/C24H18ClF2N3O2S/c25-16-3-8-19(9-4-16)28-23(32)30-11-12-33-24(30)20-13-18(27)7-10-21(20)29(22(24)31)14-15-1-5-17(26)6-2-15/h1-10,13H,11-12,14H2,(H,28,32). The molecule has 1 N–H and O–H groups in total. The van der Waals surface area contributed by atoms with Crippen molar-refractivity contribution in [2.75, 3.05) is 22.5 Å². The molecule has 2 aliphatic heterocycles. The fourth-order valence-corrected chi connectivity index (χ4v) is 5.82. The quantitative estimate of drug-likeness (QED) is 0.525. The first-order valence-electron chi connectivity index (χ1n) is 10.2. The predicted octanol–water partition coefficient (Wildman–Crippen LogP) is 5.60. The molecule has 33 heavy (non-hydrogen) atoms. The Bertz CT molecular complexity index is 1240. The van der Waals surface area contributed by atoms with Gasteiger partial charge in [-0.2, -0.15) is 0 Å². The Morgan fingerprint density at radius 1 is 1.03 bits per heavy atom. The summed E-state index contributed by atoms with van der Waals surface area (Å²) < 4.78 is 27.7. The molecule has 1 spiro atoms. The van der Waals surface area contributed by atoms with Gasteiger partial charge >= 0.3 is 6.03 Å². The van der Waals surface area contributed by atoms with Gasteiger partial charge in [0.05, 0.1) is 12.2 Å². The molecule has 1 atom stereocenters. The van der Waals surface area contributed by atoms with Crippen LogP contribution in [0.15, 0.2) is 66.7 Å². The van der Waals surface area contributed by atoms with Crippen LogP contribution in [0.3, 0.4) is 0 Å². The van der Waals surface area contributed by atoms with Crippen molar-refractivity contribution in [3.05, 3.63) is 94.5 Å². The number of hydrogen-bond donors (Lipinski definition) is 1. The second-order valence-corrected chi connectivity index (χ2v) is 9.48. The average Bonchev–Trinajstić information content (AvgIpc) is 3.34. The van der Waals surface area contributed by atoms with Crippen LogP contribution >= 0.6 is 23.4 Å². The number of carbonyl (C=O) groups excluding carboxylic acids is 2. The number of thioether (sulfide) groups is 1. The third kappa shape index (κ3) is 3.73. The maximum atomic E-state index is 14.3. The topological polar surface area (TPSA) is 52.7 Å². The van der Waals surface area contributed by atoms with E-state index in [4.69, 9.17) is 11.6 Å². The van der Waals surface area contributed by atoms with Gasteiger partial charge in [0.1, 0.15) is 11.6 Å². The van der Waals surface area contributed by atoms with Crippen molar-refractivity contribution in [1.82, 2.24) is 4.90 Å². The van der Waals surface area contributed by atoms with Crippen LogP contribution in [-0.4, -0.2) is 29.1 Å². The zero-order valence-electron chi connectivity index (χ0n) is 17.2. The van der Waals surface area contributed by atoms with Crippen LogP contribution in [-0.2, 0) is 16.2 Å². The van der Waals surface area contributed by atoms with Crippen molar-refractivity contribution in [3.63, 3.8) is 0 Å². The van der Waals surface area contributed by atoms with E-state index in [9.17, 15) is 18.4 Å². The Morgan fingerprint density at radius 2 is 1.73 bits per heavy atom. The van der Waals surface area contributed by atoms with Gasteiger partial charge in [0.25, 0.3) is 5.91 Å². The summed E-state index contributed by atoms with van der Waals surface area (Å²) in [6.45, 7) is 0.489. The number of fused-ring (bicyclic) bond motifs is 2. The molecular weight excluding hydrogens is 468 g/mol. The molecule has 0 aromatic heterocycles. The highest BCUT2D eigenvalue weighted by Crippen LogP contribution is 2.54. The number of amides is 3. The summed E-state index contributed by atoms with van der Waals surface area (Å²) in [6.07, 6.45) is 0. The first-order valence-corrected chi connectivity index (χ1v) is 11.6. The van der Waals surface area contributed by atoms with E-state index < -0.39 is 16.7 Å². The Kier molecular flexibility index (Phi) is 5.50. The second kappa shape index (κ2) is 8.35. The van der Waals surface area contributed by atoms with Crippen LogP contribution in [0, 0.1) is 11.6 Å². The van der Waals surface area contributed by atoms with Crippen LogP contribution in [0.5, 0.6) is 0 Å². The van der Waals surface area contributed by atoms with Crippen molar-refractivity contribution in [2.24, 2.45) is 0 Å². The summed E-state index contributed by atoms with van der Waals surface area (Å²) >= 11 is 7.23. The molecule has 2 aliphatic rings. The number of halogens is 3. The number of benzene rings is 3. The molecule has 0 saturated carbocycles. The molecule has 3 amide bonds. The Hall–Kier alpha value is -3.10. The normalized spacial score (nSPS) is 19.3. The van der Waals surface area contributed by atoms with Crippen LogP contribution in [0.4, 0.5) is 25.0 Å². The summed E-state index contributed by atoms with van der Waals surface area (Å²) in [6, 6.07) is 16.2. The van der Waals surface area contributed by atoms with Crippen molar-refractivity contribution in [1.29, 1.82) is 0 Å². The zero-order chi connectivity index (χ0) is 23.2. The number of anilines is 2. The van der Waals surface area contributed by atoms with Gasteiger partial charge in [-0.25, -0.2) is 13.6 Å². The number of nitrogens with one attached hydrogen (secondary N) is 1. The molecule has 0 aliphatic carbocycles. The van der Waals surface area contributed by atoms with Crippen molar-refractivity contribution in [2.45, 2.75) is 11.4 Å². The second-order valence-electron chi connectivity index (χ2n) is 7.76. The lowest BCUT2D eigenvalue weighted by molar-refractivity contribution is -0.123. The molecule has 3 aromatic carbocycles. The van der Waals surface area contributed by atoms with Crippen LogP contribution in [0.1, 0.15) is 11.1 Å². The van der Waals surface area contributed by atoms with Crippen LogP contribution < -0.4 is 10.2 Å². The van der Waals surface area contributed by atoms with Gasteiger partial charge in [-0.15, -0.1) is 11.8 Å². The summed E-state index contributed by atoms with van der Waals surface area (Å²) in [5.41, 5.74) is 2.22. The van der Waals surface area contributed by atoms with Gasteiger partial charge in [0.2, 0.25) is 0 Å². The number of nitrogens with zero attached hydrogens (tertiary/aromatic N) is 2. The van der Waals surface area contributed by atoms with E-state index in [-0.39, 0.29) is 18.3 Å². The number of hydrogen-bond acceptors (Lipinski definition) is 3. The summed E-state index contributed by atoms with van der Waals surface area (Å²) in [5.74, 6) is -0.682. The minimum Gasteiger partial charge on any atom is -0.308 e. The summed E-state index contributed by atoms with van der Waals surface area (Å²) in [5, 5.41) is 3.34. The lowest BCUT2D eigenvalue weighted by Crippen LogP contribution is -2.51. The van der Waals surface area contributed by atoms with E-state index in [1.165, 1.54) is 45.8 Å². The van der Waals surface area contributed by atoms with Gasteiger partial charge in [-0.05, 0) is 60.2 Å². The van der Waals surface area contributed by atoms with E-state index in [1.54, 1.807) is 42.5 Å². The first kappa shape index (κ1) is 21.7. The maximum Gasteiger partial charge on any atom is 0.323 e. The minimum absolute atomic E-state index is 0.173. The monoisotopic (exact) mass is 485 g/mol. The largest absolute Gasteiger partial charge is 0.323 e. The molecule has 0 radical (unpaired) electrons. The van der Waals surface area contributed by atoms with Gasteiger partial charge in [-0.3, -0.25) is 9.69 Å². The van der Waals surface area contributed by atoms with Crippen LogP contribution in [0.2, 0.25) is 5.02 Å². The highest BCUT2D eigenvalue weighted by molar-refractivity contribution is 8.01. The lowest BCUT2D eigenvalue weighted by Gasteiger charge is -2.33. The predicted molar refractivity (Wildman–Crippen MR) is 125 cm³/mol. The van der Waals surface area contributed by atoms with Crippen molar-refractivity contribution in [3.8, 4) is 0 Å². The van der Waals surface area contributed by atoms with Gasteiger partial charge in [-0.1, -0.05) is 23.7 Å². The molecule has 5 rings (SSSR count). The first-order chi connectivity index (χ1) is 15.9. The molecule has 1 fully saturated rings. The molecule has 1 unspecified atom stereocenters. The highest BCUT2D eigenvalue weighted by Gasteiger charge is 2.59. The van der Waals surface area contributed by atoms with Gasteiger partial charge in [0.15, 0.2) is 4.87 Å². The van der Waals surface area contributed by atoms with Gasteiger partial charge in [0, 0.05) is 28.6 Å². The molecule has 3 aromatic rings. The average molecular weight is 486 g/mol. The molecule has 1 saturated heterocycles. The summed E-state index contributed by atoms with van der Waals surface area (Å²) in [7, 11) is 0. The number of rotatable bonds is 3. The smallest absolute Gasteiger partial charge is 0.308 e. The molecular formula is C24H18ClF2N3O2S. The number of carbonyl (C=O) groups is 2. The fraction of sp³-hybridized carbons (Fsp3) is 0.167. The number of urea groups is 1. The maximum absolute atomic E-state index is 14.3. The molecule has 2 heterocycles. The minimum atomic E-state index is -1.38. The SMILES string of the molecule is O=C(Nc1ccc(Cl)cc1)N1CCSC12C(=O)N(Cc1ccc(F)cc1)c1ccc(F)cc12. The van der Waals surface area contributed by atoms with Crippen molar-refractivity contribution < 1.29 is 18.4 Å². The van der Waals surface area contributed by atoms with E-state index in [0.29, 0.717) is 34.3 Å². The van der Waals surface area contributed by atoms with E-state index in [0.717, 1.165) is 5.56 Å². The lowest BCUT2D eigenvalue weighted by atomic mass is 10.1. The highest BCUT2D eigenvalue weighted by atomic mass is 35.5. The molecule has 9 heteroatoms. The Morgan fingerprint density at radius 3 is 2.45 bits per heavy atom. The summed E-state index contributed by atoms with van der Waals surface area (Å²) in [4.78, 5) is 28.7. The third-order valence-corrected chi connectivity index (χ3v) is 7.42. The van der Waals surface area contributed by atoms with Gasteiger partial charge < -0.3 is 10.2 Å². The molecule has 0 bridgehead atoms. The molecule has 5 nitrogen and oxygen atoms in total. The van der Waals surface area contributed by atoms with E-state index in [1.807, 2.05) is 0 Å². The van der Waals surface area contributed by atoms with Crippen molar-refractivity contribution >= 4 is 46.7 Å². The molecule has 168 valence electrons. The third-order valence-electron chi connectivity index (χ3n) is 5.75.